The molecule has 0 spiro atoms. The number of alkyl halides is 3. The summed E-state index contributed by atoms with van der Waals surface area (Å²) < 4.78 is 44.2. The van der Waals surface area contributed by atoms with Crippen molar-refractivity contribution in [2.24, 2.45) is 5.73 Å². The van der Waals surface area contributed by atoms with Crippen LogP contribution in [0.3, 0.4) is 0 Å². The van der Waals surface area contributed by atoms with Gasteiger partial charge in [-0.05, 0) is 48.5 Å². The van der Waals surface area contributed by atoms with E-state index < -0.39 is 23.9 Å². The van der Waals surface area contributed by atoms with Crippen LogP contribution < -0.4 is 16.0 Å². The van der Waals surface area contributed by atoms with E-state index in [2.05, 4.69) is 10.3 Å². The number of fused-ring (bicyclic) bond motifs is 1. The second kappa shape index (κ2) is 8.17. The average molecular weight is 428 g/mol. The van der Waals surface area contributed by atoms with E-state index in [4.69, 9.17) is 10.5 Å². The molecule has 1 atom stereocenters. The number of rotatable bonds is 4. The predicted molar refractivity (Wildman–Crippen MR) is 111 cm³/mol. The molecule has 3 aromatic rings. The van der Waals surface area contributed by atoms with Gasteiger partial charge in [0.15, 0.2) is 0 Å². The second-order valence-corrected chi connectivity index (χ2v) is 7.09. The number of hydrogen-bond donors (Lipinski definition) is 2. The van der Waals surface area contributed by atoms with Gasteiger partial charge in [-0.1, -0.05) is 6.07 Å². The fraction of sp³-hybridized carbons (Fsp3) is 0.182. The number of carbonyl (C=O) groups excluding carboxylic acids is 1. The summed E-state index contributed by atoms with van der Waals surface area (Å²) in [6.07, 6.45) is -2.15. The zero-order valence-corrected chi connectivity index (χ0v) is 16.3. The first-order chi connectivity index (χ1) is 14.8. The van der Waals surface area contributed by atoms with Crippen molar-refractivity contribution in [3.05, 3.63) is 78.1 Å². The lowest BCUT2D eigenvalue weighted by atomic mass is 9.96. The van der Waals surface area contributed by atoms with Crippen molar-refractivity contribution in [1.29, 1.82) is 0 Å². The molecule has 0 fully saturated rings. The summed E-state index contributed by atoms with van der Waals surface area (Å²) >= 11 is 0. The Morgan fingerprint density at radius 1 is 1.13 bits per heavy atom. The Morgan fingerprint density at radius 2 is 1.90 bits per heavy atom. The standard InChI is InChI=1S/C22H19F3N4O2/c23-22(24,25)14-6-8-16(9-7-14)29-13-17(31-21(26)30)11-18-19(4-1-5-20(18)29)28-15-3-2-10-27-12-15/h1-10,12,17,28H,11,13H2,(H2,26,30). The van der Waals surface area contributed by atoms with Gasteiger partial charge in [0.05, 0.1) is 24.0 Å². The lowest BCUT2D eigenvalue weighted by Gasteiger charge is -2.36. The molecule has 0 aliphatic carbocycles. The Hall–Kier alpha value is -3.75. The smallest absolute Gasteiger partial charge is 0.416 e. The summed E-state index contributed by atoms with van der Waals surface area (Å²) in [5, 5.41) is 3.30. The third-order valence-corrected chi connectivity index (χ3v) is 4.99. The Morgan fingerprint density at radius 3 is 2.55 bits per heavy atom. The van der Waals surface area contributed by atoms with Gasteiger partial charge >= 0.3 is 12.3 Å². The number of hydrogen-bond acceptors (Lipinski definition) is 5. The van der Waals surface area contributed by atoms with Gasteiger partial charge in [-0.2, -0.15) is 13.2 Å². The Labute approximate surface area is 176 Å². The van der Waals surface area contributed by atoms with Crippen molar-refractivity contribution >= 4 is 28.8 Å². The molecule has 1 aromatic heterocycles. The number of pyridine rings is 1. The fourth-order valence-electron chi connectivity index (χ4n) is 3.66. The molecule has 6 nitrogen and oxygen atoms in total. The van der Waals surface area contributed by atoms with Gasteiger partial charge in [-0.15, -0.1) is 0 Å². The fourth-order valence-corrected chi connectivity index (χ4v) is 3.66. The highest BCUT2D eigenvalue weighted by molar-refractivity contribution is 5.77. The van der Waals surface area contributed by atoms with Gasteiger partial charge in [0.2, 0.25) is 0 Å². The number of ether oxygens (including phenoxy) is 1. The number of primary amides is 1. The maximum atomic E-state index is 13.0. The van der Waals surface area contributed by atoms with Crippen LogP contribution in [0.15, 0.2) is 67.0 Å². The first-order valence-electron chi connectivity index (χ1n) is 9.51. The van der Waals surface area contributed by atoms with Gasteiger partial charge in [0, 0.05) is 35.2 Å². The Bertz CT molecular complexity index is 1070. The first kappa shape index (κ1) is 20.5. The summed E-state index contributed by atoms with van der Waals surface area (Å²) in [5.74, 6) is 0. The Kier molecular flexibility index (Phi) is 5.41. The van der Waals surface area contributed by atoms with Crippen LogP contribution in [-0.2, 0) is 17.3 Å². The van der Waals surface area contributed by atoms with E-state index in [1.165, 1.54) is 12.1 Å². The van der Waals surface area contributed by atoms with E-state index in [1.807, 2.05) is 29.2 Å². The predicted octanol–water partition coefficient (Wildman–Crippen LogP) is 5.00. The molecule has 3 N–H and O–H groups in total. The third-order valence-electron chi connectivity index (χ3n) is 4.99. The van der Waals surface area contributed by atoms with Crippen LogP contribution in [0, 0.1) is 0 Å². The highest BCUT2D eigenvalue weighted by Crippen LogP contribution is 2.40. The zero-order valence-electron chi connectivity index (χ0n) is 16.3. The van der Waals surface area contributed by atoms with Crippen LogP contribution in [0.25, 0.3) is 0 Å². The largest absolute Gasteiger partial charge is 0.444 e. The summed E-state index contributed by atoms with van der Waals surface area (Å²) in [7, 11) is 0. The number of amides is 1. The molecule has 0 bridgehead atoms. The van der Waals surface area contributed by atoms with E-state index in [9.17, 15) is 18.0 Å². The minimum atomic E-state index is -4.42. The number of carbonyl (C=O) groups is 1. The summed E-state index contributed by atoms with van der Waals surface area (Å²) in [4.78, 5) is 17.3. The summed E-state index contributed by atoms with van der Waals surface area (Å²) in [5.41, 5.74) is 8.25. The number of halogens is 3. The van der Waals surface area contributed by atoms with Crippen molar-refractivity contribution < 1.29 is 22.7 Å². The van der Waals surface area contributed by atoms with Crippen molar-refractivity contribution in [1.82, 2.24) is 4.98 Å². The van der Waals surface area contributed by atoms with Crippen LogP contribution in [-0.4, -0.2) is 23.7 Å². The van der Waals surface area contributed by atoms with Crippen LogP contribution in [0.1, 0.15) is 11.1 Å². The topological polar surface area (TPSA) is 80.5 Å². The molecule has 2 heterocycles. The molecule has 4 rings (SSSR count). The van der Waals surface area contributed by atoms with Crippen molar-refractivity contribution in [3.63, 3.8) is 0 Å². The summed E-state index contributed by atoms with van der Waals surface area (Å²) in [6.45, 7) is 0.262. The van der Waals surface area contributed by atoms with Crippen molar-refractivity contribution in [2.45, 2.75) is 18.7 Å². The number of benzene rings is 2. The van der Waals surface area contributed by atoms with Crippen molar-refractivity contribution in [2.75, 3.05) is 16.8 Å². The third kappa shape index (κ3) is 4.55. The minimum absolute atomic E-state index is 0.262. The van der Waals surface area contributed by atoms with E-state index >= 15 is 0 Å². The lowest BCUT2D eigenvalue weighted by Crippen LogP contribution is -2.39. The molecule has 0 radical (unpaired) electrons. The molecule has 1 aliphatic heterocycles. The SMILES string of the molecule is NC(=O)OC1Cc2c(Nc3cccnc3)cccc2N(c2ccc(C(F)(F)F)cc2)C1. The van der Waals surface area contributed by atoms with Gasteiger partial charge in [-0.3, -0.25) is 4.98 Å². The summed E-state index contributed by atoms with van der Waals surface area (Å²) in [6, 6.07) is 14.1. The van der Waals surface area contributed by atoms with E-state index in [0.717, 1.165) is 34.8 Å². The van der Waals surface area contributed by atoms with Gasteiger partial charge in [0.25, 0.3) is 0 Å². The first-order valence-corrected chi connectivity index (χ1v) is 9.51. The molecule has 31 heavy (non-hydrogen) atoms. The number of nitrogens with one attached hydrogen (secondary N) is 1. The van der Waals surface area contributed by atoms with Crippen molar-refractivity contribution in [3.8, 4) is 0 Å². The lowest BCUT2D eigenvalue weighted by molar-refractivity contribution is -0.137. The van der Waals surface area contributed by atoms with Crippen LogP contribution in [0.5, 0.6) is 0 Å². The second-order valence-electron chi connectivity index (χ2n) is 7.09. The molecule has 9 heteroatoms. The van der Waals surface area contributed by atoms with E-state index in [1.54, 1.807) is 18.5 Å². The van der Waals surface area contributed by atoms with Crippen LogP contribution >= 0.6 is 0 Å². The highest BCUT2D eigenvalue weighted by atomic mass is 19.4. The van der Waals surface area contributed by atoms with Gasteiger partial charge < -0.3 is 20.7 Å². The molecule has 1 aliphatic rings. The number of anilines is 4. The number of nitrogens with zero attached hydrogens (tertiary/aromatic N) is 2. The Balaban J connectivity index is 1.73. The molecule has 0 saturated heterocycles. The molecule has 0 saturated carbocycles. The average Bonchev–Trinajstić information content (AvgIpc) is 2.73. The maximum absolute atomic E-state index is 13.0. The van der Waals surface area contributed by atoms with Gasteiger partial charge in [0.1, 0.15) is 6.10 Å². The number of nitrogens with two attached hydrogens (primary N) is 1. The molecular formula is C22H19F3N4O2. The normalized spacial score (nSPS) is 15.8. The quantitative estimate of drug-likeness (QED) is 0.611. The minimum Gasteiger partial charge on any atom is -0.444 e. The van der Waals surface area contributed by atoms with E-state index in [-0.39, 0.29) is 6.54 Å². The maximum Gasteiger partial charge on any atom is 0.416 e. The molecule has 1 amide bonds. The molecule has 1 unspecified atom stereocenters. The van der Waals surface area contributed by atoms with E-state index in [0.29, 0.717) is 12.1 Å². The molecule has 160 valence electrons. The number of aromatic nitrogens is 1. The molecular weight excluding hydrogens is 409 g/mol. The van der Waals surface area contributed by atoms with Gasteiger partial charge in [-0.25, -0.2) is 4.79 Å². The van der Waals surface area contributed by atoms with Crippen LogP contribution in [0.2, 0.25) is 0 Å². The highest BCUT2D eigenvalue weighted by Gasteiger charge is 2.32. The van der Waals surface area contributed by atoms with Crippen LogP contribution in [0.4, 0.5) is 40.7 Å². The zero-order chi connectivity index (χ0) is 22.0. The monoisotopic (exact) mass is 428 g/mol. The molecule has 2 aromatic carbocycles.